The molecule has 5 nitrogen and oxygen atoms in total. The van der Waals surface area contributed by atoms with E-state index in [4.69, 9.17) is 4.74 Å². The average Bonchev–Trinajstić information content (AvgIpc) is 3.21. The number of ether oxygens (including phenoxy) is 1. The van der Waals surface area contributed by atoms with Crippen LogP contribution in [0.3, 0.4) is 0 Å². The third-order valence-electron chi connectivity index (χ3n) is 3.73. The number of aromatic nitrogens is 2. The molecule has 1 amide bonds. The van der Waals surface area contributed by atoms with Gasteiger partial charge in [0.2, 0.25) is 0 Å². The molecule has 1 aromatic carbocycles. The molecule has 1 N–H and O–H groups in total. The minimum absolute atomic E-state index is 0.0422. The fraction of sp³-hybridized carbons (Fsp3) is 0.412. The van der Waals surface area contributed by atoms with Crippen LogP contribution in [0.4, 0.5) is 0 Å². The van der Waals surface area contributed by atoms with E-state index in [1.165, 1.54) is 12.8 Å². The van der Waals surface area contributed by atoms with Crippen LogP contribution in [0.25, 0.3) is 5.69 Å². The molecule has 0 atom stereocenters. The Bertz CT molecular complexity index is 589. The van der Waals surface area contributed by atoms with Crippen molar-refractivity contribution < 1.29 is 9.53 Å². The molecule has 1 aliphatic carbocycles. The van der Waals surface area contributed by atoms with Crippen LogP contribution in [-0.2, 0) is 4.74 Å². The van der Waals surface area contributed by atoms with Gasteiger partial charge in [-0.3, -0.25) is 4.79 Å². The van der Waals surface area contributed by atoms with Gasteiger partial charge in [-0.25, -0.2) is 4.98 Å². The van der Waals surface area contributed by atoms with Crippen LogP contribution in [0.15, 0.2) is 43.0 Å². The number of amides is 1. The summed E-state index contributed by atoms with van der Waals surface area (Å²) in [5.74, 6) is 0.753. The van der Waals surface area contributed by atoms with Crippen LogP contribution in [0.5, 0.6) is 0 Å². The van der Waals surface area contributed by atoms with Crippen molar-refractivity contribution in [3.8, 4) is 5.69 Å². The van der Waals surface area contributed by atoms with Crippen LogP contribution in [0.1, 0.15) is 29.6 Å². The highest BCUT2D eigenvalue weighted by molar-refractivity contribution is 5.94. The van der Waals surface area contributed by atoms with Crippen molar-refractivity contribution in [3.05, 3.63) is 48.5 Å². The molecule has 116 valence electrons. The lowest BCUT2D eigenvalue weighted by molar-refractivity contribution is 0.0937. The van der Waals surface area contributed by atoms with E-state index in [1.54, 1.807) is 12.5 Å². The second-order valence-corrected chi connectivity index (χ2v) is 5.64. The molecule has 3 rings (SSSR count). The minimum Gasteiger partial charge on any atom is -0.381 e. The van der Waals surface area contributed by atoms with Crippen molar-refractivity contribution in [2.45, 2.75) is 19.3 Å². The Hall–Kier alpha value is -2.14. The van der Waals surface area contributed by atoms with Gasteiger partial charge in [0.15, 0.2) is 0 Å². The zero-order valence-electron chi connectivity index (χ0n) is 12.6. The monoisotopic (exact) mass is 299 g/mol. The van der Waals surface area contributed by atoms with Crippen LogP contribution in [-0.4, -0.2) is 35.2 Å². The smallest absolute Gasteiger partial charge is 0.251 e. The highest BCUT2D eigenvalue weighted by Crippen LogP contribution is 2.28. The summed E-state index contributed by atoms with van der Waals surface area (Å²) < 4.78 is 7.44. The molecule has 1 heterocycles. The number of nitrogens with zero attached hydrogens (tertiary/aromatic N) is 2. The molecule has 0 saturated heterocycles. The zero-order valence-corrected chi connectivity index (χ0v) is 12.6. The van der Waals surface area contributed by atoms with Gasteiger partial charge in [-0.1, -0.05) is 0 Å². The summed E-state index contributed by atoms with van der Waals surface area (Å²) in [4.78, 5) is 16.0. The van der Waals surface area contributed by atoms with Gasteiger partial charge in [-0.2, -0.15) is 0 Å². The second-order valence-electron chi connectivity index (χ2n) is 5.64. The molecule has 0 bridgehead atoms. The maximum absolute atomic E-state index is 12.0. The van der Waals surface area contributed by atoms with Crippen molar-refractivity contribution in [1.82, 2.24) is 14.9 Å². The molecule has 2 aromatic rings. The predicted octanol–water partition coefficient (Wildman–Crippen LogP) is 2.42. The van der Waals surface area contributed by atoms with Gasteiger partial charge in [0.25, 0.3) is 5.91 Å². The Morgan fingerprint density at radius 3 is 2.82 bits per heavy atom. The highest BCUT2D eigenvalue weighted by atomic mass is 16.5. The van der Waals surface area contributed by atoms with Gasteiger partial charge in [-0.05, 0) is 49.4 Å². The van der Waals surface area contributed by atoms with Crippen LogP contribution in [0.2, 0.25) is 0 Å². The van der Waals surface area contributed by atoms with Gasteiger partial charge >= 0.3 is 0 Å². The second kappa shape index (κ2) is 7.22. The normalized spacial score (nSPS) is 14.0. The summed E-state index contributed by atoms with van der Waals surface area (Å²) in [6, 6.07) is 7.48. The van der Waals surface area contributed by atoms with E-state index in [9.17, 15) is 4.79 Å². The number of rotatable bonds is 8. The molecule has 0 unspecified atom stereocenters. The Kier molecular flexibility index (Phi) is 4.85. The molecule has 1 saturated carbocycles. The molecule has 1 fully saturated rings. The quantitative estimate of drug-likeness (QED) is 0.762. The van der Waals surface area contributed by atoms with E-state index in [-0.39, 0.29) is 5.91 Å². The molecule has 0 radical (unpaired) electrons. The Morgan fingerprint density at radius 2 is 2.14 bits per heavy atom. The summed E-state index contributed by atoms with van der Waals surface area (Å²) in [7, 11) is 0. The van der Waals surface area contributed by atoms with Gasteiger partial charge in [-0.15, -0.1) is 0 Å². The Morgan fingerprint density at radius 1 is 1.32 bits per heavy atom. The first-order valence-electron chi connectivity index (χ1n) is 7.77. The number of carbonyl (C=O) groups is 1. The molecule has 1 aromatic heterocycles. The molecular weight excluding hydrogens is 278 g/mol. The summed E-state index contributed by atoms with van der Waals surface area (Å²) in [6.07, 6.45) is 8.81. The SMILES string of the molecule is O=C(NCCCOCC1CC1)c1ccc(-n2ccnc2)cc1. The summed E-state index contributed by atoms with van der Waals surface area (Å²) in [5, 5.41) is 2.92. The number of benzene rings is 1. The minimum atomic E-state index is -0.0422. The van der Waals surface area contributed by atoms with Crippen LogP contribution in [0, 0.1) is 5.92 Å². The summed E-state index contributed by atoms with van der Waals surface area (Å²) in [6.45, 7) is 2.24. The molecule has 0 spiro atoms. The largest absolute Gasteiger partial charge is 0.381 e. The summed E-state index contributed by atoms with van der Waals surface area (Å²) >= 11 is 0. The van der Waals surface area contributed by atoms with Crippen molar-refractivity contribution in [2.24, 2.45) is 5.92 Å². The van der Waals surface area contributed by atoms with E-state index >= 15 is 0 Å². The zero-order chi connectivity index (χ0) is 15.2. The van der Waals surface area contributed by atoms with Crippen molar-refractivity contribution in [3.63, 3.8) is 0 Å². The number of nitrogens with one attached hydrogen (secondary N) is 1. The van der Waals surface area contributed by atoms with Gasteiger partial charge in [0.1, 0.15) is 0 Å². The van der Waals surface area contributed by atoms with Crippen LogP contribution >= 0.6 is 0 Å². The lowest BCUT2D eigenvalue weighted by atomic mass is 10.2. The van der Waals surface area contributed by atoms with Gasteiger partial charge in [0.05, 0.1) is 6.33 Å². The highest BCUT2D eigenvalue weighted by Gasteiger charge is 2.20. The van der Waals surface area contributed by atoms with E-state index in [0.29, 0.717) is 12.1 Å². The van der Waals surface area contributed by atoms with Crippen LogP contribution < -0.4 is 5.32 Å². The first kappa shape index (κ1) is 14.8. The fourth-order valence-corrected chi connectivity index (χ4v) is 2.21. The van der Waals surface area contributed by atoms with Crippen molar-refractivity contribution in [1.29, 1.82) is 0 Å². The van der Waals surface area contributed by atoms with Gasteiger partial charge < -0.3 is 14.6 Å². The topological polar surface area (TPSA) is 56.1 Å². The molecule has 1 aliphatic rings. The maximum Gasteiger partial charge on any atom is 0.251 e. The van der Waals surface area contributed by atoms with Gasteiger partial charge in [0, 0.05) is 43.4 Å². The maximum atomic E-state index is 12.0. The standard InChI is InChI=1S/C17H21N3O2/c21-17(19-8-1-11-22-12-14-2-3-14)15-4-6-16(7-5-15)20-10-9-18-13-20/h4-7,9-10,13-14H,1-3,8,11-12H2,(H,19,21). The van der Waals surface area contributed by atoms with E-state index in [2.05, 4.69) is 10.3 Å². The average molecular weight is 299 g/mol. The van der Waals surface area contributed by atoms with Crippen molar-refractivity contribution in [2.75, 3.05) is 19.8 Å². The molecule has 5 heteroatoms. The van der Waals surface area contributed by atoms with Crippen molar-refractivity contribution >= 4 is 5.91 Å². The number of imidazole rings is 1. The number of carbonyl (C=O) groups excluding carboxylic acids is 1. The number of hydrogen-bond acceptors (Lipinski definition) is 3. The van der Waals surface area contributed by atoms with E-state index < -0.39 is 0 Å². The third kappa shape index (κ3) is 4.18. The Labute approximate surface area is 130 Å². The molecule has 22 heavy (non-hydrogen) atoms. The first-order chi connectivity index (χ1) is 10.8. The third-order valence-corrected chi connectivity index (χ3v) is 3.73. The Balaban J connectivity index is 1.39. The van der Waals surface area contributed by atoms with E-state index in [1.807, 2.05) is 35.0 Å². The van der Waals surface area contributed by atoms with E-state index in [0.717, 1.165) is 31.2 Å². The lowest BCUT2D eigenvalue weighted by Crippen LogP contribution is -2.25. The molecular formula is C17H21N3O2. The predicted molar refractivity (Wildman–Crippen MR) is 84.1 cm³/mol. The molecule has 0 aliphatic heterocycles. The first-order valence-corrected chi connectivity index (χ1v) is 7.77. The number of hydrogen-bond donors (Lipinski definition) is 1. The fourth-order valence-electron chi connectivity index (χ4n) is 2.21. The lowest BCUT2D eigenvalue weighted by Gasteiger charge is -2.07. The summed E-state index contributed by atoms with van der Waals surface area (Å²) in [5.41, 5.74) is 1.66.